The summed E-state index contributed by atoms with van der Waals surface area (Å²) in [5.41, 5.74) is 7.48. The summed E-state index contributed by atoms with van der Waals surface area (Å²) >= 11 is 5.70. The lowest BCUT2D eigenvalue weighted by molar-refractivity contribution is 0.601. The first-order chi connectivity index (χ1) is 7.16. The smallest absolute Gasteiger partial charge is 0.132 e. The third kappa shape index (κ3) is 2.39. The van der Waals surface area contributed by atoms with Gasteiger partial charge < -0.3 is 5.73 Å². The second-order valence-electron chi connectivity index (χ2n) is 3.89. The minimum absolute atomic E-state index is 0.226. The van der Waals surface area contributed by atoms with Crippen LogP contribution in [0.25, 0.3) is 5.57 Å². The molecule has 1 aromatic carbocycles. The molecule has 1 aromatic rings. The molecule has 1 aliphatic carbocycles. The van der Waals surface area contributed by atoms with Crippen LogP contribution in [0.3, 0.4) is 0 Å². The van der Waals surface area contributed by atoms with E-state index in [9.17, 15) is 4.39 Å². The van der Waals surface area contributed by atoms with Crippen LogP contribution in [0.15, 0.2) is 24.3 Å². The van der Waals surface area contributed by atoms with E-state index in [2.05, 4.69) is 0 Å². The van der Waals surface area contributed by atoms with Crippen molar-refractivity contribution in [2.45, 2.75) is 25.3 Å². The maximum atomic E-state index is 13.6. The first kappa shape index (κ1) is 10.7. The molecule has 0 bridgehead atoms. The van der Waals surface area contributed by atoms with Gasteiger partial charge in [0.15, 0.2) is 0 Å². The summed E-state index contributed by atoms with van der Waals surface area (Å²) in [7, 11) is 0. The monoisotopic (exact) mass is 225 g/mol. The fourth-order valence-electron chi connectivity index (χ4n) is 1.85. The molecule has 0 fully saturated rings. The topological polar surface area (TPSA) is 26.0 Å². The molecule has 2 rings (SSSR count). The highest BCUT2D eigenvalue weighted by molar-refractivity contribution is 6.30. The summed E-state index contributed by atoms with van der Waals surface area (Å²) in [5.74, 6) is -0.246. The minimum atomic E-state index is -0.246. The van der Waals surface area contributed by atoms with E-state index in [-0.39, 0.29) is 11.9 Å². The van der Waals surface area contributed by atoms with Crippen molar-refractivity contribution in [3.8, 4) is 0 Å². The fourth-order valence-corrected chi connectivity index (χ4v) is 2.01. The quantitative estimate of drug-likeness (QED) is 0.779. The van der Waals surface area contributed by atoms with E-state index < -0.39 is 0 Å². The van der Waals surface area contributed by atoms with Crippen molar-refractivity contribution in [3.63, 3.8) is 0 Å². The average Bonchev–Trinajstić information content (AvgIpc) is 2.20. The number of hydrogen-bond donors (Lipinski definition) is 1. The first-order valence-corrected chi connectivity index (χ1v) is 5.44. The van der Waals surface area contributed by atoms with Gasteiger partial charge in [-0.2, -0.15) is 0 Å². The largest absolute Gasteiger partial charge is 0.327 e. The molecule has 1 atom stereocenters. The van der Waals surface area contributed by atoms with Crippen LogP contribution in [0.4, 0.5) is 4.39 Å². The predicted molar refractivity (Wildman–Crippen MR) is 61.2 cm³/mol. The van der Waals surface area contributed by atoms with Crippen LogP contribution < -0.4 is 5.73 Å². The standard InChI is InChI=1S/C12H13ClFN/c13-9-3-6-11(12(14)7-9)8-1-4-10(15)5-2-8/h1,3,6-7,10H,2,4-5,15H2. The maximum absolute atomic E-state index is 13.6. The summed E-state index contributed by atoms with van der Waals surface area (Å²) in [6, 6.07) is 5.03. The Hall–Kier alpha value is -0.860. The first-order valence-electron chi connectivity index (χ1n) is 5.07. The highest BCUT2D eigenvalue weighted by atomic mass is 35.5. The lowest BCUT2D eigenvalue weighted by atomic mass is 9.91. The van der Waals surface area contributed by atoms with Gasteiger partial charge in [0.2, 0.25) is 0 Å². The van der Waals surface area contributed by atoms with E-state index in [1.807, 2.05) is 6.08 Å². The third-order valence-electron chi connectivity index (χ3n) is 2.73. The Bertz CT molecular complexity index is 401. The average molecular weight is 226 g/mol. The molecule has 15 heavy (non-hydrogen) atoms. The molecule has 0 saturated heterocycles. The van der Waals surface area contributed by atoms with Gasteiger partial charge in [-0.15, -0.1) is 0 Å². The van der Waals surface area contributed by atoms with Crippen molar-refractivity contribution < 1.29 is 4.39 Å². The zero-order valence-electron chi connectivity index (χ0n) is 8.34. The van der Waals surface area contributed by atoms with Crippen LogP contribution in [0.2, 0.25) is 5.02 Å². The van der Waals surface area contributed by atoms with E-state index in [0.717, 1.165) is 24.8 Å². The molecule has 0 saturated carbocycles. The summed E-state index contributed by atoms with van der Waals surface area (Å²) in [4.78, 5) is 0. The highest BCUT2D eigenvalue weighted by Gasteiger charge is 2.14. The number of benzene rings is 1. The van der Waals surface area contributed by atoms with Gasteiger partial charge in [0.25, 0.3) is 0 Å². The van der Waals surface area contributed by atoms with Crippen LogP contribution in [0, 0.1) is 5.82 Å². The molecule has 0 aliphatic heterocycles. The zero-order chi connectivity index (χ0) is 10.8. The van der Waals surface area contributed by atoms with Gasteiger partial charge in [0.05, 0.1) is 0 Å². The molecule has 1 nitrogen and oxygen atoms in total. The summed E-state index contributed by atoms with van der Waals surface area (Å²) in [6.45, 7) is 0. The molecule has 3 heteroatoms. The SMILES string of the molecule is NC1CC=C(c2ccc(Cl)cc2F)CC1. The second-order valence-corrected chi connectivity index (χ2v) is 4.32. The Balaban J connectivity index is 2.30. The lowest BCUT2D eigenvalue weighted by Gasteiger charge is -2.18. The Kier molecular flexibility index (Phi) is 3.08. The van der Waals surface area contributed by atoms with Crippen molar-refractivity contribution in [1.29, 1.82) is 0 Å². The molecule has 1 unspecified atom stereocenters. The zero-order valence-corrected chi connectivity index (χ0v) is 9.10. The van der Waals surface area contributed by atoms with Crippen LogP contribution in [0.5, 0.6) is 0 Å². The van der Waals surface area contributed by atoms with Crippen LogP contribution in [-0.4, -0.2) is 6.04 Å². The Morgan fingerprint density at radius 1 is 1.40 bits per heavy atom. The van der Waals surface area contributed by atoms with Crippen LogP contribution in [0.1, 0.15) is 24.8 Å². The molecule has 2 N–H and O–H groups in total. The maximum Gasteiger partial charge on any atom is 0.132 e. The van der Waals surface area contributed by atoms with Crippen molar-refractivity contribution in [3.05, 3.63) is 40.7 Å². The van der Waals surface area contributed by atoms with Gasteiger partial charge in [-0.3, -0.25) is 0 Å². The molecule has 0 radical (unpaired) electrons. The Morgan fingerprint density at radius 3 is 2.80 bits per heavy atom. The van der Waals surface area contributed by atoms with E-state index in [1.165, 1.54) is 6.07 Å². The molecular formula is C12H13ClFN. The van der Waals surface area contributed by atoms with E-state index in [4.69, 9.17) is 17.3 Å². The van der Waals surface area contributed by atoms with Gasteiger partial charge in [-0.1, -0.05) is 23.7 Å². The molecular weight excluding hydrogens is 213 g/mol. The van der Waals surface area contributed by atoms with Crippen LogP contribution in [-0.2, 0) is 0 Å². The van der Waals surface area contributed by atoms with Gasteiger partial charge in [-0.25, -0.2) is 4.39 Å². The normalized spacial score (nSPS) is 21.3. The van der Waals surface area contributed by atoms with Gasteiger partial charge in [-0.05, 0) is 37.0 Å². The Labute approximate surface area is 93.7 Å². The molecule has 80 valence electrons. The van der Waals surface area contributed by atoms with Crippen molar-refractivity contribution in [1.82, 2.24) is 0 Å². The summed E-state index contributed by atoms with van der Waals surface area (Å²) in [6.07, 6.45) is 4.63. The Morgan fingerprint density at radius 2 is 2.20 bits per heavy atom. The number of nitrogens with two attached hydrogens (primary N) is 1. The molecule has 0 aromatic heterocycles. The molecule has 0 spiro atoms. The number of halogens is 2. The van der Waals surface area contributed by atoms with E-state index in [0.29, 0.717) is 10.6 Å². The van der Waals surface area contributed by atoms with E-state index >= 15 is 0 Å². The van der Waals surface area contributed by atoms with Gasteiger partial charge >= 0.3 is 0 Å². The number of hydrogen-bond acceptors (Lipinski definition) is 1. The van der Waals surface area contributed by atoms with Gasteiger partial charge in [0, 0.05) is 16.6 Å². The van der Waals surface area contributed by atoms with Crippen molar-refractivity contribution >= 4 is 17.2 Å². The predicted octanol–water partition coefficient (Wildman–Crippen LogP) is 3.37. The number of allylic oxidation sites excluding steroid dienone is 1. The third-order valence-corrected chi connectivity index (χ3v) is 2.96. The molecule has 0 heterocycles. The summed E-state index contributed by atoms with van der Waals surface area (Å²) in [5, 5.41) is 0.435. The minimum Gasteiger partial charge on any atom is -0.327 e. The second kappa shape index (κ2) is 4.33. The van der Waals surface area contributed by atoms with Gasteiger partial charge in [0.1, 0.15) is 5.82 Å². The fraction of sp³-hybridized carbons (Fsp3) is 0.333. The lowest BCUT2D eigenvalue weighted by Crippen LogP contribution is -2.21. The van der Waals surface area contributed by atoms with Crippen LogP contribution >= 0.6 is 11.6 Å². The number of rotatable bonds is 1. The summed E-state index contributed by atoms with van der Waals surface area (Å²) < 4.78 is 13.6. The van der Waals surface area contributed by atoms with Crippen molar-refractivity contribution in [2.75, 3.05) is 0 Å². The van der Waals surface area contributed by atoms with Crippen molar-refractivity contribution in [2.24, 2.45) is 5.73 Å². The van der Waals surface area contributed by atoms with E-state index in [1.54, 1.807) is 12.1 Å². The molecule has 1 aliphatic rings. The molecule has 0 amide bonds. The highest BCUT2D eigenvalue weighted by Crippen LogP contribution is 2.29.